The molecule has 0 spiro atoms. The lowest BCUT2D eigenvalue weighted by atomic mass is 10.1. The summed E-state index contributed by atoms with van der Waals surface area (Å²) in [5.41, 5.74) is 0.184. The third-order valence-corrected chi connectivity index (χ3v) is 6.03. The summed E-state index contributed by atoms with van der Waals surface area (Å²) >= 11 is 0. The molecule has 1 fully saturated rings. The standard InChI is InChI=1S/C18H17F2N3O3S/c19-15-3-4-17(20)14(9-15)12-27(24,25)23-7-1-2-16(11-23)26-18-8-13(10-21)5-6-22-18/h3-6,8-9,16H,1-2,7,11-12H2/t16-/m0/s1. The lowest BCUT2D eigenvalue weighted by Gasteiger charge is -2.31. The molecule has 1 aromatic carbocycles. The summed E-state index contributed by atoms with van der Waals surface area (Å²) in [5, 5.41) is 8.92. The number of benzene rings is 1. The van der Waals surface area contributed by atoms with Crippen LogP contribution in [0.1, 0.15) is 24.0 Å². The van der Waals surface area contributed by atoms with E-state index in [1.165, 1.54) is 22.6 Å². The van der Waals surface area contributed by atoms with Crippen LogP contribution in [0.5, 0.6) is 5.88 Å². The van der Waals surface area contributed by atoms with Crippen LogP contribution in [0.25, 0.3) is 0 Å². The molecule has 1 aromatic heterocycles. The van der Waals surface area contributed by atoms with E-state index in [-0.39, 0.29) is 24.5 Å². The number of hydrogen-bond acceptors (Lipinski definition) is 5. The maximum atomic E-state index is 13.8. The van der Waals surface area contributed by atoms with Gasteiger partial charge in [0.15, 0.2) is 0 Å². The molecule has 2 aromatic rings. The Morgan fingerprint density at radius 3 is 2.89 bits per heavy atom. The normalized spacial score (nSPS) is 18.0. The molecule has 1 aliphatic rings. The first-order valence-corrected chi connectivity index (χ1v) is 9.93. The third kappa shape index (κ3) is 4.78. The van der Waals surface area contributed by atoms with E-state index in [0.29, 0.717) is 18.4 Å². The fourth-order valence-corrected chi connectivity index (χ4v) is 4.51. The molecule has 6 nitrogen and oxygen atoms in total. The fourth-order valence-electron chi connectivity index (χ4n) is 2.91. The van der Waals surface area contributed by atoms with Crippen LogP contribution in [-0.4, -0.2) is 36.9 Å². The first-order chi connectivity index (χ1) is 12.9. The lowest BCUT2D eigenvalue weighted by Crippen LogP contribution is -2.44. The highest BCUT2D eigenvalue weighted by Crippen LogP contribution is 2.22. The molecule has 0 radical (unpaired) electrons. The van der Waals surface area contributed by atoms with Gasteiger partial charge in [-0.3, -0.25) is 0 Å². The van der Waals surface area contributed by atoms with Crippen molar-refractivity contribution in [1.82, 2.24) is 9.29 Å². The number of pyridine rings is 1. The molecule has 1 atom stereocenters. The van der Waals surface area contributed by atoms with Crippen LogP contribution < -0.4 is 4.74 Å². The number of piperidine rings is 1. The predicted molar refractivity (Wildman–Crippen MR) is 93.2 cm³/mol. The van der Waals surface area contributed by atoms with Gasteiger partial charge in [-0.15, -0.1) is 0 Å². The van der Waals surface area contributed by atoms with E-state index >= 15 is 0 Å². The maximum absolute atomic E-state index is 13.8. The van der Waals surface area contributed by atoms with Gasteiger partial charge in [-0.2, -0.15) is 9.57 Å². The largest absolute Gasteiger partial charge is 0.473 e. The Labute approximate surface area is 156 Å². The van der Waals surface area contributed by atoms with Crippen molar-refractivity contribution < 1.29 is 21.9 Å². The second-order valence-corrected chi connectivity index (χ2v) is 8.20. The average molecular weight is 393 g/mol. The minimum absolute atomic E-state index is 0.0811. The molecule has 1 saturated heterocycles. The molecular formula is C18H17F2N3O3S. The van der Waals surface area contributed by atoms with Gasteiger partial charge in [-0.25, -0.2) is 22.2 Å². The van der Waals surface area contributed by atoms with Crippen molar-refractivity contribution in [3.8, 4) is 11.9 Å². The SMILES string of the molecule is N#Cc1ccnc(O[C@H]2CCCN(S(=O)(=O)Cc3cc(F)ccc3F)C2)c1. The highest BCUT2D eigenvalue weighted by atomic mass is 32.2. The van der Waals surface area contributed by atoms with E-state index in [9.17, 15) is 17.2 Å². The summed E-state index contributed by atoms with van der Waals surface area (Å²) in [7, 11) is -3.84. The number of nitrogens with zero attached hydrogens (tertiary/aromatic N) is 3. The summed E-state index contributed by atoms with van der Waals surface area (Å²) in [6.07, 6.45) is 2.19. The smallest absolute Gasteiger partial charge is 0.218 e. The van der Waals surface area contributed by atoms with Gasteiger partial charge in [0.25, 0.3) is 0 Å². The Bertz CT molecular complexity index is 976. The molecule has 0 bridgehead atoms. The van der Waals surface area contributed by atoms with Gasteiger partial charge < -0.3 is 4.74 Å². The van der Waals surface area contributed by atoms with Crippen LogP contribution in [0, 0.1) is 23.0 Å². The molecule has 0 N–H and O–H groups in total. The van der Waals surface area contributed by atoms with Crippen LogP contribution in [0.2, 0.25) is 0 Å². The molecule has 27 heavy (non-hydrogen) atoms. The summed E-state index contributed by atoms with van der Waals surface area (Å²) < 4.78 is 59.3. The molecule has 2 heterocycles. The molecule has 1 aliphatic heterocycles. The third-order valence-electron chi connectivity index (χ3n) is 4.23. The molecule has 0 unspecified atom stereocenters. The van der Waals surface area contributed by atoms with E-state index in [1.807, 2.05) is 6.07 Å². The molecule has 0 saturated carbocycles. The van der Waals surface area contributed by atoms with Gasteiger partial charge in [0.1, 0.15) is 17.7 Å². The Balaban J connectivity index is 1.71. The second kappa shape index (κ2) is 7.98. The monoisotopic (exact) mass is 393 g/mol. The van der Waals surface area contributed by atoms with Gasteiger partial charge in [0, 0.05) is 24.4 Å². The van der Waals surface area contributed by atoms with Crippen LogP contribution in [0.4, 0.5) is 8.78 Å². The Morgan fingerprint density at radius 2 is 2.11 bits per heavy atom. The predicted octanol–water partition coefficient (Wildman–Crippen LogP) is 2.60. The Hall–Kier alpha value is -2.57. The molecule has 142 valence electrons. The molecule has 0 amide bonds. The lowest BCUT2D eigenvalue weighted by molar-refractivity contribution is 0.124. The zero-order valence-electron chi connectivity index (χ0n) is 14.3. The minimum atomic E-state index is -3.84. The number of ether oxygens (including phenoxy) is 1. The molecule has 3 rings (SSSR count). The maximum Gasteiger partial charge on any atom is 0.218 e. The second-order valence-electron chi connectivity index (χ2n) is 6.23. The van der Waals surface area contributed by atoms with E-state index in [0.717, 1.165) is 18.2 Å². The van der Waals surface area contributed by atoms with Gasteiger partial charge in [-0.1, -0.05) is 0 Å². The van der Waals surface area contributed by atoms with Crippen LogP contribution in [0.3, 0.4) is 0 Å². The average Bonchev–Trinajstić information content (AvgIpc) is 2.65. The van der Waals surface area contributed by atoms with Crippen molar-refractivity contribution in [1.29, 1.82) is 5.26 Å². The van der Waals surface area contributed by atoms with E-state index in [1.54, 1.807) is 0 Å². The van der Waals surface area contributed by atoms with E-state index in [4.69, 9.17) is 10.00 Å². The van der Waals surface area contributed by atoms with Crippen molar-refractivity contribution in [3.05, 3.63) is 59.3 Å². The zero-order chi connectivity index (χ0) is 19.4. The van der Waals surface area contributed by atoms with Gasteiger partial charge in [0.2, 0.25) is 15.9 Å². The van der Waals surface area contributed by atoms with Crippen LogP contribution in [0.15, 0.2) is 36.5 Å². The fraction of sp³-hybridized carbons (Fsp3) is 0.333. The number of aromatic nitrogens is 1. The summed E-state index contributed by atoms with van der Waals surface area (Å²) in [6, 6.07) is 7.75. The summed E-state index contributed by atoms with van der Waals surface area (Å²) in [4.78, 5) is 4.03. The van der Waals surface area contributed by atoms with Crippen molar-refractivity contribution >= 4 is 10.0 Å². The molecule has 9 heteroatoms. The highest BCUT2D eigenvalue weighted by Gasteiger charge is 2.31. The van der Waals surface area contributed by atoms with Crippen molar-refractivity contribution in [2.24, 2.45) is 0 Å². The van der Waals surface area contributed by atoms with Crippen LogP contribution >= 0.6 is 0 Å². The number of hydrogen-bond donors (Lipinski definition) is 0. The summed E-state index contributed by atoms with van der Waals surface area (Å²) in [6.45, 7) is 0.364. The van der Waals surface area contributed by atoms with E-state index in [2.05, 4.69) is 4.98 Å². The Kier molecular flexibility index (Phi) is 5.68. The molecule has 0 aliphatic carbocycles. The molecular weight excluding hydrogens is 376 g/mol. The Morgan fingerprint density at radius 1 is 1.30 bits per heavy atom. The highest BCUT2D eigenvalue weighted by molar-refractivity contribution is 7.88. The van der Waals surface area contributed by atoms with Crippen molar-refractivity contribution in [2.45, 2.75) is 24.7 Å². The first kappa shape index (κ1) is 19.2. The quantitative estimate of drug-likeness (QED) is 0.780. The zero-order valence-corrected chi connectivity index (χ0v) is 15.1. The van der Waals surface area contributed by atoms with Gasteiger partial charge in [0.05, 0.1) is 23.9 Å². The summed E-state index contributed by atoms with van der Waals surface area (Å²) in [5.74, 6) is -1.83. The van der Waals surface area contributed by atoms with Crippen molar-refractivity contribution in [3.63, 3.8) is 0 Å². The number of rotatable bonds is 5. The van der Waals surface area contributed by atoms with Gasteiger partial charge in [-0.05, 0) is 37.1 Å². The first-order valence-electron chi connectivity index (χ1n) is 8.32. The number of nitriles is 1. The van der Waals surface area contributed by atoms with E-state index < -0.39 is 33.5 Å². The van der Waals surface area contributed by atoms with Gasteiger partial charge >= 0.3 is 0 Å². The number of halogens is 2. The topological polar surface area (TPSA) is 83.3 Å². The van der Waals surface area contributed by atoms with Crippen molar-refractivity contribution in [2.75, 3.05) is 13.1 Å². The van der Waals surface area contributed by atoms with Crippen LogP contribution in [-0.2, 0) is 15.8 Å². The number of sulfonamides is 1. The minimum Gasteiger partial charge on any atom is -0.473 e.